The van der Waals surface area contributed by atoms with E-state index in [0.717, 1.165) is 0 Å². The number of halogens is 3. The summed E-state index contributed by atoms with van der Waals surface area (Å²) < 4.78 is 4.64. The molecule has 0 amide bonds. The first-order chi connectivity index (χ1) is 9.45. The Morgan fingerprint density at radius 2 is 1.90 bits per heavy atom. The summed E-state index contributed by atoms with van der Waals surface area (Å²) in [6.07, 6.45) is 1.46. The lowest BCUT2D eigenvalue weighted by molar-refractivity contribution is 0.0601. The normalized spacial score (nSPS) is 10.4. The first-order valence-electron chi connectivity index (χ1n) is 5.43. The van der Waals surface area contributed by atoms with Gasteiger partial charge in [-0.2, -0.15) is 0 Å². The van der Waals surface area contributed by atoms with Gasteiger partial charge in [-0.25, -0.2) is 9.78 Å². The van der Waals surface area contributed by atoms with E-state index in [1.54, 1.807) is 12.1 Å². The average molecular weight is 332 g/mol. The number of aromatic nitrogens is 1. The minimum absolute atomic E-state index is 0.0647. The molecule has 1 aromatic heterocycles. The van der Waals surface area contributed by atoms with Crippen molar-refractivity contribution in [2.24, 2.45) is 0 Å². The Morgan fingerprint density at radius 3 is 2.55 bits per heavy atom. The zero-order valence-electron chi connectivity index (χ0n) is 10.3. The van der Waals surface area contributed by atoms with E-state index in [9.17, 15) is 4.79 Å². The third-order valence-corrected chi connectivity index (χ3v) is 3.78. The summed E-state index contributed by atoms with van der Waals surface area (Å²) in [5, 5.41) is 1.02. The highest BCUT2D eigenvalue weighted by atomic mass is 35.5. The second-order valence-electron chi connectivity index (χ2n) is 3.87. The molecule has 0 radical (unpaired) electrons. The highest BCUT2D eigenvalue weighted by molar-refractivity contribution is 6.46. The first kappa shape index (κ1) is 14.9. The minimum Gasteiger partial charge on any atom is -0.465 e. The smallest absolute Gasteiger partial charge is 0.341 e. The molecule has 2 N–H and O–H groups in total. The molecule has 0 saturated carbocycles. The summed E-state index contributed by atoms with van der Waals surface area (Å²) in [5.74, 6) is -0.527. The zero-order chi connectivity index (χ0) is 14.9. The Kier molecular flexibility index (Phi) is 4.38. The monoisotopic (exact) mass is 330 g/mol. The van der Waals surface area contributed by atoms with Crippen molar-refractivity contribution in [2.75, 3.05) is 12.8 Å². The van der Waals surface area contributed by atoms with Gasteiger partial charge in [0, 0.05) is 17.3 Å². The van der Waals surface area contributed by atoms with Gasteiger partial charge in [-0.05, 0) is 18.2 Å². The van der Waals surface area contributed by atoms with E-state index in [0.29, 0.717) is 21.2 Å². The minimum atomic E-state index is -0.592. The Bertz CT molecular complexity index is 690. The molecule has 0 atom stereocenters. The molecule has 7 heteroatoms. The van der Waals surface area contributed by atoms with Gasteiger partial charge in [0.15, 0.2) is 0 Å². The highest BCUT2D eigenvalue weighted by Gasteiger charge is 2.17. The second kappa shape index (κ2) is 5.87. The molecule has 0 aliphatic heterocycles. The van der Waals surface area contributed by atoms with Gasteiger partial charge >= 0.3 is 5.97 Å². The molecule has 2 aromatic rings. The Balaban J connectivity index is 2.66. The summed E-state index contributed by atoms with van der Waals surface area (Å²) in [5.41, 5.74) is 6.79. The second-order valence-corrected chi connectivity index (χ2v) is 5.06. The maximum absolute atomic E-state index is 11.6. The van der Waals surface area contributed by atoms with Gasteiger partial charge in [0.25, 0.3) is 0 Å². The van der Waals surface area contributed by atoms with Crippen LogP contribution in [0, 0.1) is 0 Å². The number of esters is 1. The van der Waals surface area contributed by atoms with Crippen LogP contribution >= 0.6 is 34.8 Å². The molecule has 0 bridgehead atoms. The fraction of sp³-hybridized carbons (Fsp3) is 0.0769. The lowest BCUT2D eigenvalue weighted by atomic mass is 10.1. The third kappa shape index (κ3) is 2.68. The Morgan fingerprint density at radius 1 is 1.25 bits per heavy atom. The number of carbonyl (C=O) groups is 1. The SMILES string of the molecule is COC(=O)c1cc(-c2c(Cl)ccc(Cl)c2Cl)cnc1N. The van der Waals surface area contributed by atoms with Crippen molar-refractivity contribution >= 4 is 46.6 Å². The average Bonchev–Trinajstić information content (AvgIpc) is 2.44. The van der Waals surface area contributed by atoms with Crippen LogP contribution < -0.4 is 5.73 Å². The van der Waals surface area contributed by atoms with Gasteiger partial charge in [0.1, 0.15) is 11.4 Å². The van der Waals surface area contributed by atoms with Crippen LogP contribution in [0.2, 0.25) is 15.1 Å². The summed E-state index contributed by atoms with van der Waals surface area (Å²) in [6, 6.07) is 4.71. The van der Waals surface area contributed by atoms with Crippen LogP contribution in [-0.2, 0) is 4.74 Å². The molecule has 1 heterocycles. The summed E-state index contributed by atoms with van der Waals surface area (Å²) in [4.78, 5) is 15.6. The number of rotatable bonds is 2. The van der Waals surface area contributed by atoms with E-state index >= 15 is 0 Å². The van der Waals surface area contributed by atoms with Crippen molar-refractivity contribution in [3.8, 4) is 11.1 Å². The molecule has 20 heavy (non-hydrogen) atoms. The molecule has 104 valence electrons. The van der Waals surface area contributed by atoms with Gasteiger partial charge < -0.3 is 10.5 Å². The fourth-order valence-electron chi connectivity index (χ4n) is 1.68. The maximum Gasteiger partial charge on any atom is 0.341 e. The molecule has 0 fully saturated rings. The van der Waals surface area contributed by atoms with Crippen LogP contribution in [0.25, 0.3) is 11.1 Å². The van der Waals surface area contributed by atoms with Crippen LogP contribution in [0.1, 0.15) is 10.4 Å². The molecule has 2 rings (SSSR count). The topological polar surface area (TPSA) is 65.2 Å². The first-order valence-corrected chi connectivity index (χ1v) is 6.56. The maximum atomic E-state index is 11.6. The van der Waals surface area contributed by atoms with Crippen LogP contribution in [0.5, 0.6) is 0 Å². The van der Waals surface area contributed by atoms with Gasteiger partial charge in [-0.3, -0.25) is 0 Å². The van der Waals surface area contributed by atoms with Crippen molar-refractivity contribution in [3.05, 3.63) is 45.0 Å². The number of pyridine rings is 1. The number of hydrogen-bond donors (Lipinski definition) is 1. The summed E-state index contributed by atoms with van der Waals surface area (Å²) >= 11 is 18.2. The van der Waals surface area contributed by atoms with Gasteiger partial charge in [0.05, 0.1) is 22.2 Å². The van der Waals surface area contributed by atoms with E-state index in [2.05, 4.69) is 9.72 Å². The number of ether oxygens (including phenoxy) is 1. The molecular formula is C13H9Cl3N2O2. The molecular weight excluding hydrogens is 323 g/mol. The van der Waals surface area contributed by atoms with E-state index in [1.807, 2.05) is 0 Å². The third-order valence-electron chi connectivity index (χ3n) is 2.66. The quantitative estimate of drug-likeness (QED) is 0.665. The molecule has 0 aliphatic carbocycles. The summed E-state index contributed by atoms with van der Waals surface area (Å²) in [7, 11) is 1.26. The van der Waals surface area contributed by atoms with Gasteiger partial charge in [-0.1, -0.05) is 34.8 Å². The molecule has 4 nitrogen and oxygen atoms in total. The van der Waals surface area contributed by atoms with Crippen LogP contribution in [0.15, 0.2) is 24.4 Å². The number of anilines is 1. The Labute approximate surface area is 130 Å². The van der Waals surface area contributed by atoms with Gasteiger partial charge in [0.2, 0.25) is 0 Å². The van der Waals surface area contributed by atoms with Crippen LogP contribution in [-0.4, -0.2) is 18.1 Å². The number of nitrogen functional groups attached to an aromatic ring is 1. The highest BCUT2D eigenvalue weighted by Crippen LogP contribution is 2.39. The lowest BCUT2D eigenvalue weighted by Crippen LogP contribution is -2.07. The van der Waals surface area contributed by atoms with Crippen molar-refractivity contribution < 1.29 is 9.53 Å². The van der Waals surface area contributed by atoms with E-state index in [4.69, 9.17) is 40.5 Å². The standard InChI is InChI=1S/C13H9Cl3N2O2/c1-20-13(19)7-4-6(5-18-12(7)17)10-8(14)2-3-9(15)11(10)16/h2-5H,1H3,(H2,17,18). The molecule has 0 aliphatic rings. The molecule has 0 unspecified atom stereocenters. The number of nitrogens with two attached hydrogens (primary N) is 1. The summed E-state index contributed by atoms with van der Waals surface area (Å²) in [6.45, 7) is 0. The largest absolute Gasteiger partial charge is 0.465 e. The van der Waals surface area contributed by atoms with E-state index in [1.165, 1.54) is 19.4 Å². The number of nitrogens with zero attached hydrogens (tertiary/aromatic N) is 1. The van der Waals surface area contributed by atoms with Crippen molar-refractivity contribution in [2.45, 2.75) is 0 Å². The number of hydrogen-bond acceptors (Lipinski definition) is 4. The predicted molar refractivity (Wildman–Crippen MR) is 80.5 cm³/mol. The van der Waals surface area contributed by atoms with E-state index < -0.39 is 5.97 Å². The predicted octanol–water partition coefficient (Wildman–Crippen LogP) is 4.08. The van der Waals surface area contributed by atoms with Gasteiger partial charge in [-0.15, -0.1) is 0 Å². The van der Waals surface area contributed by atoms with Crippen LogP contribution in [0.4, 0.5) is 5.82 Å². The molecule has 1 aromatic carbocycles. The zero-order valence-corrected chi connectivity index (χ0v) is 12.6. The number of methoxy groups -OCH3 is 1. The molecule has 0 spiro atoms. The number of carbonyl (C=O) groups excluding carboxylic acids is 1. The fourth-order valence-corrected chi connectivity index (χ4v) is 2.42. The van der Waals surface area contributed by atoms with Crippen LogP contribution in [0.3, 0.4) is 0 Å². The van der Waals surface area contributed by atoms with Crippen molar-refractivity contribution in [1.29, 1.82) is 0 Å². The van der Waals surface area contributed by atoms with E-state index in [-0.39, 0.29) is 16.4 Å². The van der Waals surface area contributed by atoms with Crippen molar-refractivity contribution in [1.82, 2.24) is 4.98 Å². The van der Waals surface area contributed by atoms with Crippen molar-refractivity contribution in [3.63, 3.8) is 0 Å². The lowest BCUT2D eigenvalue weighted by Gasteiger charge is -2.10. The molecule has 0 saturated heterocycles. The Hall–Kier alpha value is -1.49. The number of benzene rings is 1.